The molecule has 0 radical (unpaired) electrons. The minimum absolute atomic E-state index is 0.819. The molecule has 210 valence electrons. The van der Waals surface area contributed by atoms with Crippen LogP contribution in [0.2, 0.25) is 0 Å². The lowest BCUT2D eigenvalue weighted by molar-refractivity contribution is 0.416. The van der Waals surface area contributed by atoms with Gasteiger partial charge in [0.25, 0.3) is 0 Å². The molecule has 0 atom stereocenters. The summed E-state index contributed by atoms with van der Waals surface area (Å²) in [6.45, 7) is 0. The highest BCUT2D eigenvalue weighted by Crippen LogP contribution is 2.58. The van der Waals surface area contributed by atoms with Gasteiger partial charge in [0.1, 0.15) is 11.4 Å². The quantitative estimate of drug-likeness (QED) is 0.206. The van der Waals surface area contributed by atoms with E-state index in [0.29, 0.717) is 0 Å². The molecule has 1 aliphatic rings. The van der Waals surface area contributed by atoms with Crippen molar-refractivity contribution in [1.29, 1.82) is 0 Å². The van der Waals surface area contributed by atoms with Gasteiger partial charge in [0.05, 0.1) is 24.2 Å². The number of hydrogen-bond donors (Lipinski definition) is 0. The van der Waals surface area contributed by atoms with Gasteiger partial charge in [-0.3, -0.25) is 0 Å². The molecule has 0 saturated heterocycles. The smallest absolute Gasteiger partial charge is 0.145 e. The molecule has 1 aliphatic heterocycles. The van der Waals surface area contributed by atoms with Crippen molar-refractivity contribution in [3.8, 4) is 28.0 Å². The summed E-state index contributed by atoms with van der Waals surface area (Å²) in [6, 6.07) is 58.2. The van der Waals surface area contributed by atoms with Crippen LogP contribution >= 0.6 is 0 Å². The van der Waals surface area contributed by atoms with Crippen molar-refractivity contribution in [2.45, 2.75) is 0 Å². The van der Waals surface area contributed by atoms with Gasteiger partial charge in [0, 0.05) is 11.4 Å². The molecule has 0 saturated carbocycles. The van der Waals surface area contributed by atoms with E-state index in [-0.39, 0.29) is 0 Å². The Morgan fingerprint density at radius 1 is 0.386 bits per heavy atom. The second-order valence-corrected chi connectivity index (χ2v) is 11.0. The van der Waals surface area contributed by atoms with Gasteiger partial charge in [-0.25, -0.2) is 0 Å². The summed E-state index contributed by atoms with van der Waals surface area (Å²) in [5, 5.41) is 2.39. The molecule has 3 nitrogen and oxygen atoms in total. The van der Waals surface area contributed by atoms with Crippen LogP contribution in [0.4, 0.5) is 34.1 Å². The molecule has 0 aromatic heterocycles. The summed E-state index contributed by atoms with van der Waals surface area (Å²) < 4.78 is 6.05. The molecule has 0 fully saturated rings. The van der Waals surface area contributed by atoms with E-state index in [1.165, 1.54) is 33.0 Å². The Kier molecular flexibility index (Phi) is 6.35. The molecule has 7 aromatic carbocycles. The number of para-hydroxylation sites is 1. The molecule has 0 unspecified atom stereocenters. The highest BCUT2D eigenvalue weighted by molar-refractivity contribution is 6.07. The van der Waals surface area contributed by atoms with E-state index in [9.17, 15) is 0 Å². The molecule has 8 rings (SSSR count). The number of fused-ring (bicyclic) bond motifs is 3. The van der Waals surface area contributed by atoms with Crippen molar-refractivity contribution in [2.75, 3.05) is 16.9 Å². The normalized spacial score (nSPS) is 12.1. The fourth-order valence-corrected chi connectivity index (χ4v) is 6.32. The van der Waals surface area contributed by atoms with Crippen molar-refractivity contribution in [2.24, 2.45) is 0 Å². The van der Waals surface area contributed by atoms with Gasteiger partial charge in [-0.05, 0) is 81.6 Å². The highest BCUT2D eigenvalue weighted by atomic mass is 16.5. The average molecular weight is 567 g/mol. The Hall–Kier alpha value is -5.80. The largest absolute Gasteiger partial charge is 0.494 e. The lowest BCUT2D eigenvalue weighted by Crippen LogP contribution is -2.24. The fraction of sp³-hybridized carbons (Fsp3) is 0.0244. The Labute approximate surface area is 257 Å². The Morgan fingerprint density at radius 2 is 0.841 bits per heavy atom. The van der Waals surface area contributed by atoms with Crippen LogP contribution in [-0.2, 0) is 0 Å². The maximum absolute atomic E-state index is 6.05. The van der Waals surface area contributed by atoms with E-state index >= 15 is 0 Å². The van der Waals surface area contributed by atoms with E-state index in [1.807, 2.05) is 6.07 Å². The number of ether oxygens (including phenoxy) is 1. The molecule has 1 heterocycles. The van der Waals surface area contributed by atoms with Gasteiger partial charge in [0.2, 0.25) is 0 Å². The zero-order chi connectivity index (χ0) is 29.5. The average Bonchev–Trinajstić information content (AvgIpc) is 3.10. The molecular weight excluding hydrogens is 536 g/mol. The third kappa shape index (κ3) is 4.38. The molecular formula is C41H30N2O. The van der Waals surface area contributed by atoms with Gasteiger partial charge >= 0.3 is 0 Å². The molecule has 0 amide bonds. The molecule has 0 N–H and O–H groups in total. The van der Waals surface area contributed by atoms with Crippen LogP contribution in [-0.4, -0.2) is 7.11 Å². The summed E-state index contributed by atoms with van der Waals surface area (Å²) in [7, 11) is 1.75. The second-order valence-electron chi connectivity index (χ2n) is 11.0. The molecule has 0 aliphatic carbocycles. The van der Waals surface area contributed by atoms with E-state index in [4.69, 9.17) is 4.74 Å². The van der Waals surface area contributed by atoms with Gasteiger partial charge in [-0.15, -0.1) is 0 Å². The summed E-state index contributed by atoms with van der Waals surface area (Å²) >= 11 is 0. The third-order valence-corrected chi connectivity index (χ3v) is 8.45. The lowest BCUT2D eigenvalue weighted by Gasteiger charge is -2.41. The van der Waals surface area contributed by atoms with Crippen LogP contribution in [0.3, 0.4) is 0 Å². The first kappa shape index (κ1) is 25.9. The zero-order valence-corrected chi connectivity index (χ0v) is 24.4. The maximum atomic E-state index is 6.05. The first-order valence-corrected chi connectivity index (χ1v) is 14.9. The Morgan fingerprint density at radius 3 is 1.36 bits per heavy atom. The summed E-state index contributed by atoms with van der Waals surface area (Å²) in [4.78, 5) is 4.71. The molecule has 3 heteroatoms. The van der Waals surface area contributed by atoms with E-state index in [2.05, 4.69) is 168 Å². The lowest BCUT2D eigenvalue weighted by atomic mass is 9.99. The van der Waals surface area contributed by atoms with Gasteiger partial charge in [0.15, 0.2) is 0 Å². The molecule has 7 aromatic rings. The SMILES string of the molecule is COc1cccc2c1N(c1ccc(-c3ccccc3)cc1)c1cc3ccccc3cc1N2c1ccc(-c2ccccc2)cc1. The van der Waals surface area contributed by atoms with Crippen molar-refractivity contribution >= 4 is 44.9 Å². The minimum atomic E-state index is 0.819. The first-order chi connectivity index (χ1) is 21.8. The Balaban J connectivity index is 1.34. The summed E-state index contributed by atoms with van der Waals surface area (Å²) in [6.07, 6.45) is 0. The fourth-order valence-electron chi connectivity index (χ4n) is 6.32. The molecule has 0 spiro atoms. The third-order valence-electron chi connectivity index (χ3n) is 8.45. The predicted octanol–water partition coefficient (Wildman–Crippen LogP) is 11.4. The van der Waals surface area contributed by atoms with E-state index < -0.39 is 0 Å². The van der Waals surface area contributed by atoms with Crippen molar-refractivity contribution in [3.63, 3.8) is 0 Å². The number of anilines is 6. The van der Waals surface area contributed by atoms with Gasteiger partial charge in [-0.2, -0.15) is 0 Å². The maximum Gasteiger partial charge on any atom is 0.145 e. The number of methoxy groups -OCH3 is 1. The topological polar surface area (TPSA) is 15.7 Å². The van der Waals surface area contributed by atoms with Crippen LogP contribution in [0.25, 0.3) is 33.0 Å². The second kappa shape index (κ2) is 10.8. The first-order valence-electron chi connectivity index (χ1n) is 14.9. The number of rotatable bonds is 5. The van der Waals surface area contributed by atoms with Crippen molar-refractivity contribution in [1.82, 2.24) is 0 Å². The Bertz CT molecular complexity index is 2090. The van der Waals surface area contributed by atoms with Crippen molar-refractivity contribution in [3.05, 3.63) is 164 Å². The summed E-state index contributed by atoms with van der Waals surface area (Å²) in [5.74, 6) is 0.819. The van der Waals surface area contributed by atoms with E-state index in [0.717, 1.165) is 39.9 Å². The van der Waals surface area contributed by atoms with Crippen LogP contribution in [0.5, 0.6) is 5.75 Å². The molecule has 44 heavy (non-hydrogen) atoms. The highest BCUT2D eigenvalue weighted by Gasteiger charge is 2.33. The predicted molar refractivity (Wildman–Crippen MR) is 184 cm³/mol. The standard InChI is InChI=1S/C41H30N2O/c1-44-40-18-10-17-37-41(40)43(36-25-21-32(22-26-36)30-13-6-3-7-14-30)39-28-34-16-9-8-15-33(34)27-38(39)42(37)35-23-19-31(20-24-35)29-11-4-2-5-12-29/h2-28H,1H3. The van der Waals surface area contributed by atoms with Crippen LogP contribution in [0.1, 0.15) is 0 Å². The minimum Gasteiger partial charge on any atom is -0.494 e. The number of benzene rings is 7. The number of hydrogen-bond acceptors (Lipinski definition) is 3. The van der Waals surface area contributed by atoms with Gasteiger partial charge in [-0.1, -0.05) is 115 Å². The van der Waals surface area contributed by atoms with Gasteiger partial charge < -0.3 is 14.5 Å². The van der Waals surface area contributed by atoms with Crippen LogP contribution < -0.4 is 14.5 Å². The monoisotopic (exact) mass is 566 g/mol. The summed E-state index contributed by atoms with van der Waals surface area (Å²) in [5.41, 5.74) is 11.2. The molecule has 0 bridgehead atoms. The van der Waals surface area contributed by atoms with Crippen LogP contribution in [0, 0.1) is 0 Å². The van der Waals surface area contributed by atoms with Crippen LogP contribution in [0.15, 0.2) is 164 Å². The van der Waals surface area contributed by atoms with E-state index in [1.54, 1.807) is 7.11 Å². The zero-order valence-electron chi connectivity index (χ0n) is 24.4. The number of nitrogens with zero attached hydrogens (tertiary/aromatic N) is 2. The van der Waals surface area contributed by atoms with Crippen molar-refractivity contribution < 1.29 is 4.74 Å².